The second-order valence-corrected chi connectivity index (χ2v) is 2.57. The van der Waals surface area contributed by atoms with Crippen molar-refractivity contribution in [3.8, 4) is 0 Å². The van der Waals surface area contributed by atoms with E-state index in [1.54, 1.807) is 0 Å². The van der Waals surface area contributed by atoms with Crippen molar-refractivity contribution in [1.29, 1.82) is 0 Å². The largest absolute Gasteiger partial charge is 0.338 e. The third-order valence-electron chi connectivity index (χ3n) is 1.40. The summed E-state index contributed by atoms with van der Waals surface area (Å²) in [5, 5.41) is 4.74. The van der Waals surface area contributed by atoms with Gasteiger partial charge in [-0.05, 0) is 5.92 Å². The molecule has 1 heterocycles. The summed E-state index contributed by atoms with van der Waals surface area (Å²) in [7, 11) is 0. The van der Waals surface area contributed by atoms with Gasteiger partial charge in [-0.2, -0.15) is 0 Å². The molecule has 1 fully saturated rings. The summed E-state index contributed by atoms with van der Waals surface area (Å²) in [6.07, 6.45) is 0.429. The highest BCUT2D eigenvalue weighted by Crippen LogP contribution is 2.01. The maximum absolute atomic E-state index is 10.7. The Morgan fingerprint density at radius 3 is 2.90 bits per heavy atom. The van der Waals surface area contributed by atoms with Crippen molar-refractivity contribution in [3.63, 3.8) is 0 Å². The standard InChI is InChI=1S/C6H10N2O2/c1-4-2-5(9)8-6(10)7-3-4/h4H,2-3H2,1H3,(H2,7,8,9,10). The highest BCUT2D eigenvalue weighted by molar-refractivity contribution is 5.95. The molecule has 1 rings (SSSR count). The second-order valence-electron chi connectivity index (χ2n) is 2.57. The van der Waals surface area contributed by atoms with Crippen molar-refractivity contribution in [2.24, 2.45) is 5.92 Å². The zero-order valence-corrected chi connectivity index (χ0v) is 5.81. The lowest BCUT2D eigenvalue weighted by molar-refractivity contribution is -0.120. The van der Waals surface area contributed by atoms with E-state index in [0.29, 0.717) is 13.0 Å². The fourth-order valence-corrected chi connectivity index (χ4v) is 0.877. The van der Waals surface area contributed by atoms with Gasteiger partial charge in [-0.25, -0.2) is 4.79 Å². The number of imide groups is 1. The number of hydrogen-bond donors (Lipinski definition) is 2. The normalized spacial score (nSPS) is 26.7. The zero-order chi connectivity index (χ0) is 7.56. The molecule has 1 unspecified atom stereocenters. The summed E-state index contributed by atoms with van der Waals surface area (Å²) < 4.78 is 0. The van der Waals surface area contributed by atoms with Crippen LogP contribution in [0, 0.1) is 5.92 Å². The first kappa shape index (κ1) is 7.05. The fourth-order valence-electron chi connectivity index (χ4n) is 0.877. The van der Waals surface area contributed by atoms with Gasteiger partial charge in [0.1, 0.15) is 0 Å². The summed E-state index contributed by atoms with van der Waals surface area (Å²) in [6, 6.07) is -0.380. The molecular formula is C6H10N2O2. The number of carbonyl (C=O) groups excluding carboxylic acids is 2. The van der Waals surface area contributed by atoms with Crippen LogP contribution in [-0.2, 0) is 4.79 Å². The molecule has 56 valence electrons. The Bertz CT molecular complexity index is 167. The number of rotatable bonds is 0. The van der Waals surface area contributed by atoms with Crippen molar-refractivity contribution in [2.45, 2.75) is 13.3 Å². The number of hydrogen-bond acceptors (Lipinski definition) is 2. The highest BCUT2D eigenvalue weighted by Gasteiger charge is 2.16. The predicted octanol–water partition coefficient (Wildman–Crippen LogP) is -0.148. The molecular weight excluding hydrogens is 132 g/mol. The lowest BCUT2D eigenvalue weighted by atomic mass is 10.1. The second kappa shape index (κ2) is 2.68. The fraction of sp³-hybridized carbons (Fsp3) is 0.667. The van der Waals surface area contributed by atoms with Gasteiger partial charge in [0, 0.05) is 13.0 Å². The maximum atomic E-state index is 10.7. The van der Waals surface area contributed by atoms with Crippen LogP contribution in [0.3, 0.4) is 0 Å². The van der Waals surface area contributed by atoms with Crippen LogP contribution in [0.5, 0.6) is 0 Å². The van der Waals surface area contributed by atoms with Crippen LogP contribution in [0.1, 0.15) is 13.3 Å². The molecule has 0 aromatic rings. The van der Waals surface area contributed by atoms with Gasteiger partial charge in [-0.15, -0.1) is 0 Å². The molecule has 0 saturated carbocycles. The summed E-state index contributed by atoms with van der Waals surface area (Å²) in [6.45, 7) is 2.50. The summed E-state index contributed by atoms with van der Waals surface area (Å²) in [5.41, 5.74) is 0. The minimum Gasteiger partial charge on any atom is -0.338 e. The Hall–Kier alpha value is -1.06. The van der Waals surface area contributed by atoms with Crippen LogP contribution in [0.25, 0.3) is 0 Å². The highest BCUT2D eigenvalue weighted by atomic mass is 16.2. The molecule has 1 aliphatic rings. The monoisotopic (exact) mass is 142 g/mol. The SMILES string of the molecule is CC1CNC(=O)NC(=O)C1. The lowest BCUT2D eigenvalue weighted by Crippen LogP contribution is -2.36. The lowest BCUT2D eigenvalue weighted by Gasteiger charge is -2.01. The summed E-state index contributed by atoms with van der Waals surface area (Å²) >= 11 is 0. The van der Waals surface area contributed by atoms with E-state index in [-0.39, 0.29) is 17.9 Å². The Morgan fingerprint density at radius 2 is 2.20 bits per heavy atom. The van der Waals surface area contributed by atoms with E-state index in [4.69, 9.17) is 0 Å². The molecule has 1 saturated heterocycles. The van der Waals surface area contributed by atoms with Crippen molar-refractivity contribution < 1.29 is 9.59 Å². The molecule has 3 amide bonds. The van der Waals surface area contributed by atoms with Crippen LogP contribution in [-0.4, -0.2) is 18.5 Å². The molecule has 4 nitrogen and oxygen atoms in total. The third-order valence-corrected chi connectivity index (χ3v) is 1.40. The number of nitrogens with one attached hydrogen (secondary N) is 2. The zero-order valence-electron chi connectivity index (χ0n) is 5.81. The van der Waals surface area contributed by atoms with Crippen molar-refractivity contribution in [3.05, 3.63) is 0 Å². The summed E-state index contributed by atoms with van der Waals surface area (Å²) in [5.74, 6) is 0.0500. The summed E-state index contributed by atoms with van der Waals surface area (Å²) in [4.78, 5) is 21.3. The first-order valence-corrected chi connectivity index (χ1v) is 3.26. The molecule has 10 heavy (non-hydrogen) atoms. The predicted molar refractivity (Wildman–Crippen MR) is 35.3 cm³/mol. The Kier molecular flexibility index (Phi) is 1.89. The van der Waals surface area contributed by atoms with E-state index in [9.17, 15) is 9.59 Å². The number of carbonyl (C=O) groups is 2. The van der Waals surface area contributed by atoms with Gasteiger partial charge in [0.25, 0.3) is 0 Å². The quantitative estimate of drug-likeness (QED) is 0.494. The van der Waals surface area contributed by atoms with Gasteiger partial charge < -0.3 is 5.32 Å². The van der Waals surface area contributed by atoms with Gasteiger partial charge in [-0.1, -0.05) is 6.92 Å². The Balaban J connectivity index is 2.54. The van der Waals surface area contributed by atoms with Crippen LogP contribution in [0.4, 0.5) is 4.79 Å². The molecule has 0 aromatic carbocycles. The topological polar surface area (TPSA) is 58.2 Å². The average molecular weight is 142 g/mol. The van der Waals surface area contributed by atoms with Crippen LogP contribution >= 0.6 is 0 Å². The average Bonchev–Trinajstić information content (AvgIpc) is 1.93. The molecule has 4 heteroatoms. The molecule has 1 aliphatic heterocycles. The Morgan fingerprint density at radius 1 is 1.50 bits per heavy atom. The number of amides is 3. The molecule has 0 spiro atoms. The van der Waals surface area contributed by atoms with E-state index >= 15 is 0 Å². The van der Waals surface area contributed by atoms with Gasteiger partial charge >= 0.3 is 6.03 Å². The van der Waals surface area contributed by atoms with E-state index in [0.717, 1.165) is 0 Å². The minimum atomic E-state index is -0.380. The maximum Gasteiger partial charge on any atom is 0.321 e. The molecule has 1 atom stereocenters. The molecule has 0 aromatic heterocycles. The van der Waals surface area contributed by atoms with E-state index < -0.39 is 0 Å². The van der Waals surface area contributed by atoms with Crippen LogP contribution < -0.4 is 10.6 Å². The Labute approximate surface area is 59.0 Å². The third kappa shape index (κ3) is 1.72. The van der Waals surface area contributed by atoms with E-state index in [1.165, 1.54) is 0 Å². The van der Waals surface area contributed by atoms with Gasteiger partial charge in [0.05, 0.1) is 0 Å². The van der Waals surface area contributed by atoms with Crippen LogP contribution in [0.15, 0.2) is 0 Å². The smallest absolute Gasteiger partial charge is 0.321 e. The van der Waals surface area contributed by atoms with Crippen molar-refractivity contribution in [2.75, 3.05) is 6.54 Å². The molecule has 0 bridgehead atoms. The van der Waals surface area contributed by atoms with Gasteiger partial charge in [0.2, 0.25) is 5.91 Å². The molecule has 0 radical (unpaired) electrons. The minimum absolute atomic E-state index is 0.192. The first-order valence-electron chi connectivity index (χ1n) is 3.26. The van der Waals surface area contributed by atoms with Crippen LogP contribution in [0.2, 0.25) is 0 Å². The van der Waals surface area contributed by atoms with E-state index in [1.807, 2.05) is 6.92 Å². The van der Waals surface area contributed by atoms with Gasteiger partial charge in [0.15, 0.2) is 0 Å². The molecule has 0 aliphatic carbocycles. The molecule has 2 N–H and O–H groups in total. The van der Waals surface area contributed by atoms with E-state index in [2.05, 4.69) is 10.6 Å². The van der Waals surface area contributed by atoms with Crippen molar-refractivity contribution in [1.82, 2.24) is 10.6 Å². The number of urea groups is 1. The van der Waals surface area contributed by atoms with Gasteiger partial charge in [-0.3, -0.25) is 10.1 Å². The van der Waals surface area contributed by atoms with Crippen molar-refractivity contribution >= 4 is 11.9 Å². The first-order chi connectivity index (χ1) is 4.68.